The summed E-state index contributed by atoms with van der Waals surface area (Å²) in [6.45, 7) is 0. The lowest BCUT2D eigenvalue weighted by Gasteiger charge is -1.98. The van der Waals surface area contributed by atoms with E-state index in [2.05, 4.69) is 5.73 Å². The number of nitrogens with zero attached hydrogens (tertiary/aromatic N) is 1. The van der Waals surface area contributed by atoms with Crippen molar-refractivity contribution in [3.63, 3.8) is 0 Å². The number of hydrogen-bond acceptors (Lipinski definition) is 5. The first kappa shape index (κ1) is 14.0. The number of rotatable bonds is 3. The number of nitrogens with two attached hydrogens (primary N) is 1. The van der Waals surface area contributed by atoms with Crippen molar-refractivity contribution < 1.29 is 29.5 Å². The molecule has 0 bridgehead atoms. The third-order valence-corrected chi connectivity index (χ3v) is 1.61. The van der Waals surface area contributed by atoms with Crippen molar-refractivity contribution in [2.75, 3.05) is 0 Å². The van der Waals surface area contributed by atoms with Crippen LogP contribution in [-0.4, -0.2) is 39.1 Å². The second-order valence-electron chi connectivity index (χ2n) is 2.96. The summed E-state index contributed by atoms with van der Waals surface area (Å²) in [6.07, 6.45) is 0.0509. The summed E-state index contributed by atoms with van der Waals surface area (Å²) in [4.78, 5) is 40.0. The molecule has 1 heterocycles. The van der Waals surface area contributed by atoms with Gasteiger partial charge in [0, 0.05) is 19.3 Å². The molecule has 16 heavy (non-hydrogen) atoms. The normalized spacial score (nSPS) is 14.4. The standard InChI is InChI=1S/C4H5NO3.C4H7NO3/c6-3-1-2-4(7)5(3)8;5-3(6)1-2-4(7)8/h8H,1-2H2;1-2H2,(H2,5,6)(H,7,8). The van der Waals surface area contributed by atoms with Gasteiger partial charge in [-0.05, 0) is 0 Å². The number of hydroxylamine groups is 2. The maximum atomic E-state index is 10.2. The number of primary amides is 1. The molecule has 1 aliphatic heterocycles. The van der Waals surface area contributed by atoms with Gasteiger partial charge in [0.1, 0.15) is 0 Å². The third-order valence-electron chi connectivity index (χ3n) is 1.61. The maximum absolute atomic E-state index is 10.2. The zero-order valence-corrected chi connectivity index (χ0v) is 8.38. The van der Waals surface area contributed by atoms with E-state index in [1.807, 2.05) is 0 Å². The van der Waals surface area contributed by atoms with Crippen LogP contribution in [0.2, 0.25) is 0 Å². The first-order chi connectivity index (χ1) is 7.34. The Bertz CT molecular complexity index is 284. The van der Waals surface area contributed by atoms with E-state index in [4.69, 9.17) is 10.3 Å². The van der Waals surface area contributed by atoms with Gasteiger partial charge in [0.15, 0.2) is 0 Å². The Labute approximate surface area is 90.6 Å². The summed E-state index contributed by atoms with van der Waals surface area (Å²) in [5.74, 6) is -2.58. The number of imide groups is 1. The number of carbonyl (C=O) groups is 4. The largest absolute Gasteiger partial charge is 0.481 e. The molecule has 8 heteroatoms. The van der Waals surface area contributed by atoms with Crippen LogP contribution in [0.3, 0.4) is 0 Å². The highest BCUT2D eigenvalue weighted by molar-refractivity contribution is 6.00. The molecule has 0 saturated carbocycles. The molecule has 1 aliphatic rings. The Morgan fingerprint density at radius 1 is 1.19 bits per heavy atom. The Balaban J connectivity index is 0.000000281. The Hall–Kier alpha value is -1.96. The fourth-order valence-corrected chi connectivity index (χ4v) is 0.795. The van der Waals surface area contributed by atoms with Crippen molar-refractivity contribution in [1.82, 2.24) is 5.06 Å². The topological polar surface area (TPSA) is 138 Å². The molecule has 0 aliphatic carbocycles. The summed E-state index contributed by atoms with van der Waals surface area (Å²) in [5.41, 5.74) is 4.64. The van der Waals surface area contributed by atoms with Crippen molar-refractivity contribution >= 4 is 23.7 Å². The summed E-state index contributed by atoms with van der Waals surface area (Å²) in [7, 11) is 0. The number of carbonyl (C=O) groups excluding carboxylic acids is 3. The van der Waals surface area contributed by atoms with Crippen molar-refractivity contribution in [2.45, 2.75) is 25.7 Å². The van der Waals surface area contributed by atoms with E-state index in [9.17, 15) is 19.2 Å². The van der Waals surface area contributed by atoms with Gasteiger partial charge in [0.2, 0.25) is 5.91 Å². The second kappa shape index (κ2) is 6.51. The van der Waals surface area contributed by atoms with Crippen LogP contribution < -0.4 is 5.73 Å². The van der Waals surface area contributed by atoms with Gasteiger partial charge in [-0.2, -0.15) is 5.06 Å². The van der Waals surface area contributed by atoms with Gasteiger partial charge in [-0.15, -0.1) is 0 Å². The molecule has 0 radical (unpaired) electrons. The van der Waals surface area contributed by atoms with E-state index in [-0.39, 0.29) is 30.7 Å². The smallest absolute Gasteiger partial charge is 0.303 e. The summed E-state index contributed by atoms with van der Waals surface area (Å²) in [5, 5.41) is 16.5. The molecule has 0 aromatic rings. The van der Waals surface area contributed by atoms with E-state index in [0.717, 1.165) is 0 Å². The number of carboxylic acids is 1. The average molecular weight is 232 g/mol. The van der Waals surface area contributed by atoms with Crippen molar-refractivity contribution in [3.05, 3.63) is 0 Å². The predicted octanol–water partition coefficient (Wildman–Crippen LogP) is -1.14. The molecule has 1 rings (SSSR count). The highest BCUT2D eigenvalue weighted by Gasteiger charge is 2.26. The van der Waals surface area contributed by atoms with Crippen LogP contribution in [-0.2, 0) is 19.2 Å². The average Bonchev–Trinajstić information content (AvgIpc) is 2.47. The minimum Gasteiger partial charge on any atom is -0.481 e. The van der Waals surface area contributed by atoms with Crippen LogP contribution in [0.4, 0.5) is 0 Å². The SMILES string of the molecule is NC(=O)CCC(=O)O.O=C1CCC(=O)N1O. The molecule has 0 aromatic carbocycles. The van der Waals surface area contributed by atoms with Gasteiger partial charge >= 0.3 is 5.97 Å². The lowest BCUT2D eigenvalue weighted by Crippen LogP contribution is -2.24. The van der Waals surface area contributed by atoms with Crippen LogP contribution in [0, 0.1) is 0 Å². The van der Waals surface area contributed by atoms with Gasteiger partial charge in [0.05, 0.1) is 6.42 Å². The highest BCUT2D eigenvalue weighted by Crippen LogP contribution is 2.06. The van der Waals surface area contributed by atoms with Gasteiger partial charge in [-0.25, -0.2) is 0 Å². The molecular formula is C8H12N2O6. The van der Waals surface area contributed by atoms with Crippen LogP contribution in [0.5, 0.6) is 0 Å². The first-order valence-electron chi connectivity index (χ1n) is 4.39. The van der Waals surface area contributed by atoms with Gasteiger partial charge in [-0.1, -0.05) is 0 Å². The first-order valence-corrected chi connectivity index (χ1v) is 4.39. The monoisotopic (exact) mass is 232 g/mol. The molecule has 4 N–H and O–H groups in total. The Morgan fingerprint density at radius 3 is 1.75 bits per heavy atom. The summed E-state index contributed by atoms with van der Waals surface area (Å²) < 4.78 is 0. The Morgan fingerprint density at radius 2 is 1.62 bits per heavy atom. The molecule has 0 unspecified atom stereocenters. The fourth-order valence-electron chi connectivity index (χ4n) is 0.795. The van der Waals surface area contributed by atoms with Crippen LogP contribution in [0.25, 0.3) is 0 Å². The number of carboxylic acid groups (broad SMARTS) is 1. The molecule has 0 spiro atoms. The third kappa shape index (κ3) is 5.70. The zero-order chi connectivity index (χ0) is 12.7. The van der Waals surface area contributed by atoms with Crippen molar-refractivity contribution in [2.24, 2.45) is 5.73 Å². The lowest BCUT2D eigenvalue weighted by molar-refractivity contribution is -0.171. The molecule has 1 fully saturated rings. The van der Waals surface area contributed by atoms with E-state index in [1.165, 1.54) is 0 Å². The van der Waals surface area contributed by atoms with E-state index in [0.29, 0.717) is 0 Å². The minimum atomic E-state index is -0.996. The van der Waals surface area contributed by atoms with E-state index >= 15 is 0 Å². The van der Waals surface area contributed by atoms with Crippen molar-refractivity contribution in [1.29, 1.82) is 0 Å². The van der Waals surface area contributed by atoms with Crippen LogP contribution in [0.1, 0.15) is 25.7 Å². The summed E-state index contributed by atoms with van der Waals surface area (Å²) >= 11 is 0. The Kier molecular flexibility index (Phi) is 5.71. The van der Waals surface area contributed by atoms with E-state index < -0.39 is 23.7 Å². The van der Waals surface area contributed by atoms with Gasteiger partial charge in [0.25, 0.3) is 11.8 Å². The molecule has 0 atom stereocenters. The van der Waals surface area contributed by atoms with Gasteiger partial charge in [-0.3, -0.25) is 24.4 Å². The van der Waals surface area contributed by atoms with Gasteiger partial charge < -0.3 is 10.8 Å². The number of aliphatic carboxylic acids is 1. The second-order valence-corrected chi connectivity index (χ2v) is 2.96. The van der Waals surface area contributed by atoms with Crippen molar-refractivity contribution in [3.8, 4) is 0 Å². The fraction of sp³-hybridized carbons (Fsp3) is 0.500. The predicted molar refractivity (Wildman–Crippen MR) is 48.9 cm³/mol. The maximum Gasteiger partial charge on any atom is 0.303 e. The zero-order valence-electron chi connectivity index (χ0n) is 8.38. The van der Waals surface area contributed by atoms with E-state index in [1.54, 1.807) is 0 Å². The minimum absolute atomic E-state index is 0.0741. The highest BCUT2D eigenvalue weighted by atomic mass is 16.5. The van der Waals surface area contributed by atoms with Crippen LogP contribution >= 0.6 is 0 Å². The van der Waals surface area contributed by atoms with Crippen LogP contribution in [0.15, 0.2) is 0 Å². The molecule has 90 valence electrons. The lowest BCUT2D eigenvalue weighted by atomic mass is 10.3. The molecule has 0 aromatic heterocycles. The molecule has 8 nitrogen and oxygen atoms in total. The molecular weight excluding hydrogens is 220 g/mol. The molecule has 1 saturated heterocycles. The quantitative estimate of drug-likeness (QED) is 0.415. The summed E-state index contributed by atoms with van der Waals surface area (Å²) in [6, 6.07) is 0. The number of amides is 3. The number of hydrogen-bond donors (Lipinski definition) is 3. The molecule has 3 amide bonds.